The van der Waals surface area contributed by atoms with Crippen LogP contribution in [-0.2, 0) is 6.54 Å². The number of hydrogen-bond donors (Lipinski definition) is 2. The van der Waals surface area contributed by atoms with Crippen molar-refractivity contribution in [3.63, 3.8) is 0 Å². The molecule has 0 spiro atoms. The average molecular weight is 516 g/mol. The Morgan fingerprint density at radius 2 is 2.05 bits per heavy atom. The molecule has 0 fully saturated rings. The van der Waals surface area contributed by atoms with Gasteiger partial charge in [0.2, 0.25) is 0 Å². The fraction of sp³-hybridized carbons (Fsp3) is 0.111. The third-order valence-corrected chi connectivity index (χ3v) is 6.32. The lowest BCUT2D eigenvalue weighted by molar-refractivity contribution is 0.0696. The Labute approximate surface area is 214 Å². The normalized spacial score (nSPS) is 12.9. The number of carbonyl (C=O) groups excluding carboxylic acids is 2. The minimum atomic E-state index is -0.929. The molecule has 1 atom stereocenters. The van der Waals surface area contributed by atoms with Gasteiger partial charge in [0.15, 0.2) is 0 Å². The highest BCUT2D eigenvalue weighted by Gasteiger charge is 2.36. The van der Waals surface area contributed by atoms with Gasteiger partial charge in [-0.1, -0.05) is 23.4 Å². The first-order chi connectivity index (χ1) is 17.8. The number of hydrogen-bond acceptors (Lipinski definition) is 4. The molecule has 37 heavy (non-hydrogen) atoms. The van der Waals surface area contributed by atoms with E-state index in [-0.39, 0.29) is 29.8 Å². The maximum atomic E-state index is 14.8. The monoisotopic (exact) mass is 515 g/mol. The minimum absolute atomic E-state index is 0.0290. The SMILES string of the molecule is NC(=O)c1cnc2[nH]ccc2c1C#CC#CCC(c1cc(F)ccc1F)N1Cc2c(Cl)ccnc2C1=O. The number of primary amides is 1. The van der Waals surface area contributed by atoms with Gasteiger partial charge in [0, 0.05) is 46.5 Å². The number of aromatic nitrogens is 3. The molecule has 1 aliphatic heterocycles. The van der Waals surface area contributed by atoms with Crippen LogP contribution >= 0.6 is 11.6 Å². The Bertz CT molecular complexity index is 1710. The van der Waals surface area contributed by atoms with E-state index in [1.807, 2.05) is 0 Å². The number of nitrogens with two attached hydrogens (primary N) is 1. The summed E-state index contributed by atoms with van der Waals surface area (Å²) in [7, 11) is 0. The molecule has 1 aromatic carbocycles. The topological polar surface area (TPSA) is 105 Å². The van der Waals surface area contributed by atoms with E-state index < -0.39 is 29.5 Å². The van der Waals surface area contributed by atoms with Crippen molar-refractivity contribution in [3.05, 3.63) is 93.5 Å². The number of amides is 2. The molecule has 0 radical (unpaired) electrons. The summed E-state index contributed by atoms with van der Waals surface area (Å²) in [5.41, 5.74) is 7.14. The summed E-state index contributed by atoms with van der Waals surface area (Å²) >= 11 is 6.24. The van der Waals surface area contributed by atoms with Crippen molar-refractivity contribution in [2.24, 2.45) is 5.73 Å². The zero-order chi connectivity index (χ0) is 26.1. The van der Waals surface area contributed by atoms with E-state index in [1.165, 1.54) is 17.3 Å². The number of pyridine rings is 2. The largest absolute Gasteiger partial charge is 0.366 e. The van der Waals surface area contributed by atoms with Crippen molar-refractivity contribution in [2.75, 3.05) is 0 Å². The second-order valence-corrected chi connectivity index (χ2v) is 8.55. The quantitative estimate of drug-likeness (QED) is 0.399. The summed E-state index contributed by atoms with van der Waals surface area (Å²) in [6, 6.07) is 5.38. The summed E-state index contributed by atoms with van der Waals surface area (Å²) in [5, 5.41) is 0.963. The Morgan fingerprint density at radius 1 is 1.22 bits per heavy atom. The molecular weight excluding hydrogens is 500 g/mol. The third kappa shape index (κ3) is 4.49. The van der Waals surface area contributed by atoms with Gasteiger partial charge in [-0.05, 0) is 42.2 Å². The first kappa shape index (κ1) is 24.0. The molecule has 0 bridgehead atoms. The summed E-state index contributed by atoms with van der Waals surface area (Å²) in [4.78, 5) is 37.5. The number of halogens is 3. The van der Waals surface area contributed by atoms with Crippen molar-refractivity contribution in [2.45, 2.75) is 19.0 Å². The van der Waals surface area contributed by atoms with Gasteiger partial charge >= 0.3 is 0 Å². The van der Waals surface area contributed by atoms with Gasteiger partial charge in [-0.15, -0.1) is 0 Å². The van der Waals surface area contributed by atoms with E-state index in [2.05, 4.69) is 38.6 Å². The second kappa shape index (κ2) is 9.73. The second-order valence-electron chi connectivity index (χ2n) is 8.14. The molecule has 0 aliphatic carbocycles. The molecule has 0 saturated carbocycles. The first-order valence-electron chi connectivity index (χ1n) is 11.0. The smallest absolute Gasteiger partial charge is 0.273 e. The number of carbonyl (C=O) groups is 2. The first-order valence-corrected chi connectivity index (χ1v) is 11.4. The van der Waals surface area contributed by atoms with Crippen LogP contribution in [0.1, 0.15) is 50.0 Å². The Balaban J connectivity index is 1.49. The van der Waals surface area contributed by atoms with Crippen LogP contribution in [0.5, 0.6) is 0 Å². The van der Waals surface area contributed by atoms with E-state index in [0.717, 1.165) is 18.2 Å². The zero-order valence-electron chi connectivity index (χ0n) is 19.0. The van der Waals surface area contributed by atoms with Crippen LogP contribution in [-0.4, -0.2) is 31.7 Å². The van der Waals surface area contributed by atoms with Crippen molar-refractivity contribution < 1.29 is 18.4 Å². The lowest BCUT2D eigenvalue weighted by Gasteiger charge is -2.27. The number of fused-ring (bicyclic) bond motifs is 2. The zero-order valence-corrected chi connectivity index (χ0v) is 19.7. The highest BCUT2D eigenvalue weighted by molar-refractivity contribution is 6.32. The molecule has 3 N–H and O–H groups in total. The molecule has 0 saturated heterocycles. The van der Waals surface area contributed by atoms with Crippen LogP contribution in [0, 0.1) is 35.3 Å². The summed E-state index contributed by atoms with van der Waals surface area (Å²) in [6.07, 6.45) is 4.35. The van der Waals surface area contributed by atoms with Crippen molar-refractivity contribution in [1.82, 2.24) is 19.9 Å². The van der Waals surface area contributed by atoms with Gasteiger partial charge in [-0.2, -0.15) is 0 Å². The molecule has 7 nitrogen and oxygen atoms in total. The maximum absolute atomic E-state index is 14.8. The van der Waals surface area contributed by atoms with E-state index in [1.54, 1.807) is 18.3 Å². The van der Waals surface area contributed by atoms with Crippen LogP contribution in [0.25, 0.3) is 11.0 Å². The van der Waals surface area contributed by atoms with Crippen molar-refractivity contribution in [3.8, 4) is 23.7 Å². The number of H-pyrrole nitrogens is 1. The number of benzene rings is 1. The molecule has 182 valence electrons. The van der Waals surface area contributed by atoms with Gasteiger partial charge in [0.25, 0.3) is 11.8 Å². The van der Waals surface area contributed by atoms with Gasteiger partial charge in [-0.25, -0.2) is 13.8 Å². The molecule has 5 rings (SSSR count). The Morgan fingerprint density at radius 3 is 2.84 bits per heavy atom. The minimum Gasteiger partial charge on any atom is -0.366 e. The third-order valence-electron chi connectivity index (χ3n) is 5.97. The van der Waals surface area contributed by atoms with Crippen LogP contribution in [0.2, 0.25) is 5.02 Å². The number of aromatic amines is 1. The van der Waals surface area contributed by atoms with Gasteiger partial charge in [0.05, 0.1) is 23.7 Å². The Kier molecular flexibility index (Phi) is 6.31. The number of nitrogens with one attached hydrogen (secondary N) is 1. The summed E-state index contributed by atoms with van der Waals surface area (Å²) < 4.78 is 28.8. The fourth-order valence-electron chi connectivity index (χ4n) is 4.21. The van der Waals surface area contributed by atoms with Crippen molar-refractivity contribution >= 4 is 34.4 Å². The highest BCUT2D eigenvalue weighted by atomic mass is 35.5. The molecule has 10 heteroatoms. The maximum Gasteiger partial charge on any atom is 0.273 e. The lowest BCUT2D eigenvalue weighted by atomic mass is 10.0. The van der Waals surface area contributed by atoms with E-state index in [0.29, 0.717) is 27.2 Å². The molecule has 2 amide bonds. The van der Waals surface area contributed by atoms with Crippen molar-refractivity contribution in [1.29, 1.82) is 0 Å². The van der Waals surface area contributed by atoms with Gasteiger partial charge < -0.3 is 15.6 Å². The molecule has 3 aromatic heterocycles. The molecule has 1 aliphatic rings. The standard InChI is InChI=1S/C27H16ClF2N5O2/c28-21-9-11-32-24-20(21)14-35(27(24)37)23(18-12-15(29)6-7-22(18)30)5-3-1-2-4-16-17-8-10-33-26(17)34-13-19(16)25(31)36/h6-13,23H,5,14H2,(H2,31,36)(H,33,34). The molecule has 1 unspecified atom stereocenters. The van der Waals surface area contributed by atoms with Crippen LogP contribution < -0.4 is 5.73 Å². The Hall–Kier alpha value is -4.73. The number of rotatable bonds is 4. The van der Waals surface area contributed by atoms with Gasteiger partial charge in [0.1, 0.15) is 23.0 Å². The summed E-state index contributed by atoms with van der Waals surface area (Å²) in [5.74, 6) is 8.53. The predicted octanol–water partition coefficient (Wildman–Crippen LogP) is 4.13. The fourth-order valence-corrected chi connectivity index (χ4v) is 4.41. The molecular formula is C27H16ClF2N5O2. The summed E-state index contributed by atoms with van der Waals surface area (Å²) in [6.45, 7) is 0.0687. The van der Waals surface area contributed by atoms with E-state index in [9.17, 15) is 18.4 Å². The van der Waals surface area contributed by atoms with Crippen LogP contribution in [0.3, 0.4) is 0 Å². The van der Waals surface area contributed by atoms with Crippen LogP contribution in [0.4, 0.5) is 8.78 Å². The van der Waals surface area contributed by atoms with E-state index >= 15 is 0 Å². The van der Waals surface area contributed by atoms with E-state index in [4.69, 9.17) is 17.3 Å². The lowest BCUT2D eigenvalue weighted by Crippen LogP contribution is -2.30. The predicted molar refractivity (Wildman–Crippen MR) is 132 cm³/mol. The number of nitrogens with zero attached hydrogens (tertiary/aromatic N) is 3. The molecule has 4 heterocycles. The molecule has 4 aromatic rings. The van der Waals surface area contributed by atoms with Gasteiger partial charge in [-0.3, -0.25) is 14.6 Å². The highest BCUT2D eigenvalue weighted by Crippen LogP contribution is 2.36. The average Bonchev–Trinajstić information content (AvgIpc) is 3.49. The van der Waals surface area contributed by atoms with Crippen LogP contribution in [0.15, 0.2) is 48.9 Å².